The molecule has 0 spiro atoms. The Hall–Kier alpha value is -0.530. The Morgan fingerprint density at radius 1 is 1.25 bits per heavy atom. The van der Waals surface area contributed by atoms with Crippen molar-refractivity contribution >= 4 is 32.7 Å². The van der Waals surface area contributed by atoms with Gasteiger partial charge in [0.15, 0.2) is 0 Å². The first-order chi connectivity index (χ1) is 7.65. The molecule has 0 nitrogen and oxygen atoms in total. The Labute approximate surface area is 106 Å². The molecule has 1 heterocycles. The van der Waals surface area contributed by atoms with E-state index in [2.05, 4.69) is 32.1 Å². The highest BCUT2D eigenvalue weighted by Gasteiger charge is 2.09. The summed E-state index contributed by atoms with van der Waals surface area (Å²) in [5, 5.41) is 0.811. The molecule has 0 fully saturated rings. The Bertz CT molecular complexity index is 427. The van der Waals surface area contributed by atoms with Crippen LogP contribution >= 0.6 is 23.0 Å². The minimum atomic E-state index is 0.764. The van der Waals surface area contributed by atoms with E-state index < -0.39 is 0 Å². The Kier molecular flexibility index (Phi) is 3.88. The van der Waals surface area contributed by atoms with Crippen LogP contribution in [-0.4, -0.2) is 4.86 Å². The fourth-order valence-corrected chi connectivity index (χ4v) is 3.45. The maximum Gasteiger partial charge on any atom is 0.0406 e. The Morgan fingerprint density at radius 3 is 2.56 bits per heavy atom. The lowest BCUT2D eigenvalue weighted by molar-refractivity contribution is 0.685. The van der Waals surface area contributed by atoms with Crippen molar-refractivity contribution in [3.8, 4) is 0 Å². The van der Waals surface area contributed by atoms with Gasteiger partial charge in [-0.1, -0.05) is 43.7 Å². The normalized spacial score (nSPS) is 15.8. The van der Waals surface area contributed by atoms with E-state index >= 15 is 0 Å². The maximum atomic E-state index is 5.89. The predicted molar refractivity (Wildman–Crippen MR) is 77.5 cm³/mol. The van der Waals surface area contributed by atoms with Gasteiger partial charge in [0.1, 0.15) is 0 Å². The SMILES string of the molecule is CC(C)CC1=[SH]C(c2ccc(Cl)cc2)=CC1. The maximum absolute atomic E-state index is 5.89. The van der Waals surface area contributed by atoms with Gasteiger partial charge in [0.2, 0.25) is 0 Å². The van der Waals surface area contributed by atoms with E-state index in [1.807, 2.05) is 12.1 Å². The molecule has 0 aromatic heterocycles. The summed E-state index contributed by atoms with van der Waals surface area (Å²) in [6.45, 7) is 4.56. The highest BCUT2D eigenvalue weighted by molar-refractivity contribution is 8.07. The second-order valence-electron chi connectivity index (χ2n) is 4.58. The number of rotatable bonds is 3. The lowest BCUT2D eigenvalue weighted by atomic mass is 10.1. The van der Waals surface area contributed by atoms with Crippen LogP contribution in [0.15, 0.2) is 30.3 Å². The predicted octanol–water partition coefficient (Wildman–Crippen LogP) is 4.77. The molecule has 1 aliphatic rings. The van der Waals surface area contributed by atoms with Crippen LogP contribution in [0, 0.1) is 5.92 Å². The number of hydrogen-bond donors (Lipinski definition) is 1. The first-order valence-corrected chi connectivity index (χ1v) is 6.95. The van der Waals surface area contributed by atoms with E-state index in [0.29, 0.717) is 0 Å². The highest BCUT2D eigenvalue weighted by atomic mass is 35.5. The molecular formula is C14H17ClS. The zero-order chi connectivity index (χ0) is 11.5. The van der Waals surface area contributed by atoms with E-state index in [4.69, 9.17) is 11.6 Å². The molecule has 0 radical (unpaired) electrons. The third-order valence-corrected chi connectivity index (χ3v) is 4.21. The first kappa shape index (κ1) is 11.9. The van der Waals surface area contributed by atoms with E-state index in [1.165, 1.54) is 28.2 Å². The molecule has 86 valence electrons. The third kappa shape index (κ3) is 2.99. The van der Waals surface area contributed by atoms with Crippen molar-refractivity contribution in [2.24, 2.45) is 5.92 Å². The van der Waals surface area contributed by atoms with Crippen LogP contribution in [0.4, 0.5) is 0 Å². The summed E-state index contributed by atoms with van der Waals surface area (Å²) in [4.78, 5) is 3.08. The van der Waals surface area contributed by atoms with Gasteiger partial charge < -0.3 is 0 Å². The van der Waals surface area contributed by atoms with Crippen LogP contribution in [0.3, 0.4) is 0 Å². The summed E-state index contributed by atoms with van der Waals surface area (Å²) in [5.74, 6) is 0.764. The second-order valence-corrected chi connectivity index (χ2v) is 6.35. The standard InChI is InChI=1S/C14H17ClS/c1-10(2)9-13-7-8-14(16-13)11-3-5-12(15)6-4-11/h3-6,8,10,16H,7,9H2,1-2H3. The molecule has 0 N–H and O–H groups in total. The van der Waals surface area contributed by atoms with E-state index in [-0.39, 0.29) is 0 Å². The van der Waals surface area contributed by atoms with Crippen LogP contribution in [-0.2, 0) is 0 Å². The van der Waals surface area contributed by atoms with Crippen molar-refractivity contribution in [3.05, 3.63) is 40.9 Å². The minimum absolute atomic E-state index is 0.764. The van der Waals surface area contributed by atoms with Gasteiger partial charge in [-0.15, -0.1) is 0 Å². The summed E-state index contributed by atoms with van der Waals surface area (Å²) in [7, 11) is 0. The zero-order valence-electron chi connectivity index (χ0n) is 9.70. The molecule has 0 aliphatic carbocycles. The molecule has 0 amide bonds. The summed E-state index contributed by atoms with van der Waals surface area (Å²) < 4.78 is 0. The molecule has 2 heteroatoms. The number of hydrogen-bond acceptors (Lipinski definition) is 0. The monoisotopic (exact) mass is 252 g/mol. The topological polar surface area (TPSA) is 0 Å². The van der Waals surface area contributed by atoms with Crippen molar-refractivity contribution < 1.29 is 0 Å². The van der Waals surface area contributed by atoms with Crippen LogP contribution in [0.25, 0.3) is 4.91 Å². The van der Waals surface area contributed by atoms with E-state index in [1.54, 1.807) is 4.86 Å². The van der Waals surface area contributed by atoms with Crippen molar-refractivity contribution in [2.75, 3.05) is 0 Å². The van der Waals surface area contributed by atoms with Gasteiger partial charge >= 0.3 is 0 Å². The Morgan fingerprint density at radius 2 is 1.94 bits per heavy atom. The van der Waals surface area contributed by atoms with Crippen molar-refractivity contribution in [3.63, 3.8) is 0 Å². The average molecular weight is 253 g/mol. The number of benzene rings is 1. The van der Waals surface area contributed by atoms with Gasteiger partial charge in [-0.2, -0.15) is 11.4 Å². The molecule has 1 aromatic carbocycles. The van der Waals surface area contributed by atoms with Crippen molar-refractivity contribution in [1.29, 1.82) is 0 Å². The zero-order valence-corrected chi connectivity index (χ0v) is 11.4. The molecule has 0 atom stereocenters. The largest absolute Gasteiger partial charge is 0.169 e. The summed E-state index contributed by atoms with van der Waals surface area (Å²) >= 11 is 7.30. The number of thiol groups is 1. The summed E-state index contributed by atoms with van der Waals surface area (Å²) in [6, 6.07) is 8.15. The van der Waals surface area contributed by atoms with Gasteiger partial charge in [0, 0.05) is 9.93 Å². The fraction of sp³-hybridized carbons (Fsp3) is 0.357. The summed E-state index contributed by atoms with van der Waals surface area (Å²) in [6.07, 6.45) is 4.75. The first-order valence-electron chi connectivity index (χ1n) is 5.67. The molecule has 16 heavy (non-hydrogen) atoms. The van der Waals surface area contributed by atoms with Gasteiger partial charge in [-0.3, -0.25) is 0 Å². The summed E-state index contributed by atoms with van der Waals surface area (Å²) in [5.41, 5.74) is 1.31. The molecule has 0 saturated heterocycles. The fourth-order valence-electron chi connectivity index (χ4n) is 1.88. The molecule has 1 aliphatic heterocycles. The van der Waals surface area contributed by atoms with Gasteiger partial charge in [0.05, 0.1) is 0 Å². The quantitative estimate of drug-likeness (QED) is 0.582. The molecule has 1 aromatic rings. The Balaban J connectivity index is 2.12. The van der Waals surface area contributed by atoms with Crippen molar-refractivity contribution in [1.82, 2.24) is 0 Å². The van der Waals surface area contributed by atoms with Crippen LogP contribution in [0.5, 0.6) is 0 Å². The smallest absolute Gasteiger partial charge is 0.0406 e. The molecule has 0 unspecified atom stereocenters. The molecule has 2 rings (SSSR count). The molecule has 0 bridgehead atoms. The average Bonchev–Trinajstić information content (AvgIpc) is 2.66. The van der Waals surface area contributed by atoms with Crippen LogP contribution < -0.4 is 0 Å². The van der Waals surface area contributed by atoms with Gasteiger partial charge in [-0.25, -0.2) is 0 Å². The third-order valence-electron chi connectivity index (χ3n) is 2.59. The van der Waals surface area contributed by atoms with Crippen molar-refractivity contribution in [2.45, 2.75) is 26.7 Å². The van der Waals surface area contributed by atoms with Crippen LogP contribution in [0.1, 0.15) is 32.3 Å². The highest BCUT2D eigenvalue weighted by Crippen LogP contribution is 2.31. The molecular weight excluding hydrogens is 236 g/mol. The van der Waals surface area contributed by atoms with Gasteiger partial charge in [-0.05, 0) is 41.3 Å². The van der Waals surface area contributed by atoms with Crippen LogP contribution in [0.2, 0.25) is 5.02 Å². The van der Waals surface area contributed by atoms with Gasteiger partial charge in [0.25, 0.3) is 0 Å². The minimum Gasteiger partial charge on any atom is -0.169 e. The molecule has 0 saturated carbocycles. The number of allylic oxidation sites excluding steroid dienone is 1. The lowest BCUT2D eigenvalue weighted by Gasteiger charge is -2.04. The lowest BCUT2D eigenvalue weighted by Crippen LogP contribution is -1.97. The second kappa shape index (κ2) is 5.20. The van der Waals surface area contributed by atoms with E-state index in [9.17, 15) is 0 Å². The number of halogens is 1. The van der Waals surface area contributed by atoms with E-state index in [0.717, 1.165) is 17.4 Å².